The predicted molar refractivity (Wildman–Crippen MR) is 116 cm³/mol. The van der Waals surface area contributed by atoms with Crippen LogP contribution in [0, 0.1) is 11.8 Å². The van der Waals surface area contributed by atoms with Crippen LogP contribution in [0.25, 0.3) is 0 Å². The molecule has 0 saturated heterocycles. The summed E-state index contributed by atoms with van der Waals surface area (Å²) >= 11 is 0. The number of methoxy groups -OCH3 is 1. The average Bonchev–Trinajstić information content (AvgIpc) is 3.01. The summed E-state index contributed by atoms with van der Waals surface area (Å²) in [5.74, 6) is 0.160. The van der Waals surface area contributed by atoms with E-state index in [0.29, 0.717) is 6.42 Å². The van der Waals surface area contributed by atoms with E-state index in [1.54, 1.807) is 6.08 Å². The minimum Gasteiger partial charge on any atom is -0.469 e. The molecule has 0 aromatic heterocycles. The first-order chi connectivity index (χ1) is 13.5. The molecule has 0 N–H and O–H groups in total. The van der Waals surface area contributed by atoms with E-state index in [4.69, 9.17) is 4.43 Å². The molecule has 0 aromatic carbocycles. The third kappa shape index (κ3) is 10.2. The molecule has 0 saturated carbocycles. The van der Waals surface area contributed by atoms with E-state index in [9.17, 15) is 9.59 Å². The Morgan fingerprint density at radius 1 is 1.25 bits per heavy atom. The Balaban J connectivity index is 2.52. The molecular weight excluding hydrogens is 368 g/mol. The van der Waals surface area contributed by atoms with Crippen molar-refractivity contribution in [2.75, 3.05) is 7.11 Å². The molecule has 1 aliphatic carbocycles. The average molecular weight is 406 g/mol. The van der Waals surface area contributed by atoms with E-state index >= 15 is 0 Å². The Labute approximate surface area is 172 Å². The minimum absolute atomic E-state index is 0.0163. The number of carbonyl (C=O) groups is 2. The SMILES string of the molecule is CCCCC[C@@H](/C=C/[C@H]1C=CC(=O)[C@@H]1C/C=C\CCCC(=O)OC)O[Si](C)C. The van der Waals surface area contributed by atoms with Gasteiger partial charge < -0.3 is 9.16 Å². The molecule has 0 aliphatic heterocycles. The number of hydrogen-bond donors (Lipinski definition) is 0. The van der Waals surface area contributed by atoms with Gasteiger partial charge in [-0.2, -0.15) is 0 Å². The molecule has 1 radical (unpaired) electrons. The lowest BCUT2D eigenvalue weighted by atomic mass is 9.90. The quantitative estimate of drug-likeness (QED) is 0.168. The van der Waals surface area contributed by atoms with E-state index in [1.165, 1.54) is 26.4 Å². The third-order valence-corrected chi connectivity index (χ3v) is 5.65. The number of unbranched alkanes of at least 4 members (excludes halogenated alkanes) is 3. The van der Waals surface area contributed by atoms with E-state index in [-0.39, 0.29) is 29.7 Å². The standard InChI is InChI=1S/C23H37O4Si/c1-5-6-9-12-20(27-28(3)4)17-15-19-16-18-22(24)21(19)13-10-7-8-11-14-23(25)26-2/h7,10,15-21H,5-6,8-9,11-14H2,1-4H3/b10-7-,17-15+/t19-,20-,21+/m0/s1. The zero-order valence-electron chi connectivity index (χ0n) is 18.0. The molecule has 0 bridgehead atoms. The van der Waals surface area contributed by atoms with Crippen molar-refractivity contribution in [3.8, 4) is 0 Å². The number of rotatable bonds is 14. The summed E-state index contributed by atoms with van der Waals surface area (Å²) in [6.07, 6.45) is 19.8. The van der Waals surface area contributed by atoms with Crippen molar-refractivity contribution in [1.82, 2.24) is 0 Å². The highest BCUT2D eigenvalue weighted by molar-refractivity contribution is 6.48. The van der Waals surface area contributed by atoms with Crippen LogP contribution < -0.4 is 0 Å². The van der Waals surface area contributed by atoms with Gasteiger partial charge in [-0.1, -0.05) is 56.6 Å². The smallest absolute Gasteiger partial charge is 0.305 e. The van der Waals surface area contributed by atoms with Crippen LogP contribution in [0.15, 0.2) is 36.5 Å². The molecule has 1 aliphatic rings. The summed E-state index contributed by atoms with van der Waals surface area (Å²) < 4.78 is 10.8. The van der Waals surface area contributed by atoms with Crippen molar-refractivity contribution in [2.45, 2.75) is 77.5 Å². The van der Waals surface area contributed by atoms with Crippen LogP contribution >= 0.6 is 0 Å². The fraction of sp³-hybridized carbons (Fsp3) is 0.652. The van der Waals surface area contributed by atoms with E-state index in [2.05, 4.69) is 49.1 Å². The second-order valence-electron chi connectivity index (χ2n) is 7.57. The fourth-order valence-electron chi connectivity index (χ4n) is 3.30. The number of ether oxygens (including phenoxy) is 1. The van der Waals surface area contributed by atoms with Crippen LogP contribution in [-0.2, 0) is 18.8 Å². The van der Waals surface area contributed by atoms with Gasteiger partial charge in [0.25, 0.3) is 0 Å². The van der Waals surface area contributed by atoms with Crippen molar-refractivity contribution in [2.24, 2.45) is 11.8 Å². The van der Waals surface area contributed by atoms with Gasteiger partial charge in [0.1, 0.15) is 0 Å². The number of carbonyl (C=O) groups excluding carboxylic acids is 2. The molecule has 0 spiro atoms. The molecule has 3 atom stereocenters. The summed E-state index contributed by atoms with van der Waals surface area (Å²) in [5.41, 5.74) is 0. The van der Waals surface area contributed by atoms with E-state index < -0.39 is 9.04 Å². The second-order valence-corrected chi connectivity index (χ2v) is 9.62. The molecule has 5 heteroatoms. The monoisotopic (exact) mass is 405 g/mol. The largest absolute Gasteiger partial charge is 0.469 e. The lowest BCUT2D eigenvalue weighted by molar-refractivity contribution is -0.140. The zero-order valence-corrected chi connectivity index (χ0v) is 19.0. The van der Waals surface area contributed by atoms with Gasteiger partial charge in [-0.05, 0) is 44.9 Å². The predicted octanol–water partition coefficient (Wildman–Crippen LogP) is 5.42. The van der Waals surface area contributed by atoms with Crippen molar-refractivity contribution >= 4 is 20.8 Å². The van der Waals surface area contributed by atoms with E-state index in [1.807, 2.05) is 6.08 Å². The molecule has 1 rings (SSSR count). The van der Waals surface area contributed by atoms with Gasteiger partial charge in [0, 0.05) is 18.3 Å². The summed E-state index contributed by atoms with van der Waals surface area (Å²) in [6, 6.07) is 0. The number of allylic oxidation sites excluding steroid dienone is 5. The second kappa shape index (κ2) is 14.5. The molecule has 28 heavy (non-hydrogen) atoms. The molecule has 0 fully saturated rings. The lowest BCUT2D eigenvalue weighted by Crippen LogP contribution is -2.20. The maximum Gasteiger partial charge on any atom is 0.305 e. The first-order valence-corrected chi connectivity index (χ1v) is 13.0. The molecular formula is C23H37O4Si. The van der Waals surface area contributed by atoms with Crippen LogP contribution in [-0.4, -0.2) is 34.0 Å². The van der Waals surface area contributed by atoms with Gasteiger partial charge in [0.15, 0.2) is 5.78 Å². The summed E-state index contributed by atoms with van der Waals surface area (Å²) in [4.78, 5) is 23.3. The topological polar surface area (TPSA) is 52.6 Å². The highest BCUT2D eigenvalue weighted by atomic mass is 28.3. The number of esters is 1. The van der Waals surface area contributed by atoms with Crippen LogP contribution in [0.5, 0.6) is 0 Å². The Kier molecular flexibility index (Phi) is 12.7. The van der Waals surface area contributed by atoms with Gasteiger partial charge in [-0.25, -0.2) is 0 Å². The Hall–Kier alpha value is -1.46. The van der Waals surface area contributed by atoms with Crippen molar-refractivity contribution in [3.05, 3.63) is 36.5 Å². The summed E-state index contributed by atoms with van der Waals surface area (Å²) in [6.45, 7) is 6.54. The van der Waals surface area contributed by atoms with Crippen molar-refractivity contribution in [1.29, 1.82) is 0 Å². The van der Waals surface area contributed by atoms with Gasteiger partial charge in [0.2, 0.25) is 9.04 Å². The van der Waals surface area contributed by atoms with E-state index in [0.717, 1.165) is 25.7 Å². The maximum absolute atomic E-state index is 12.2. The Morgan fingerprint density at radius 3 is 2.71 bits per heavy atom. The first kappa shape index (κ1) is 24.6. The van der Waals surface area contributed by atoms with Gasteiger partial charge >= 0.3 is 5.97 Å². The summed E-state index contributed by atoms with van der Waals surface area (Å²) in [5, 5.41) is 0. The molecule has 157 valence electrons. The Bertz CT molecular complexity index is 551. The molecule has 0 amide bonds. The number of hydrogen-bond acceptors (Lipinski definition) is 4. The molecule has 4 nitrogen and oxygen atoms in total. The molecule has 0 heterocycles. The lowest BCUT2D eigenvalue weighted by Gasteiger charge is -2.18. The van der Waals surface area contributed by atoms with Crippen molar-refractivity contribution in [3.63, 3.8) is 0 Å². The molecule has 0 unspecified atom stereocenters. The zero-order chi connectivity index (χ0) is 20.8. The summed E-state index contributed by atoms with van der Waals surface area (Å²) in [7, 11) is 0.660. The van der Waals surface area contributed by atoms with Gasteiger partial charge in [-0.3, -0.25) is 9.59 Å². The molecule has 0 aromatic rings. The Morgan fingerprint density at radius 2 is 2.04 bits per heavy atom. The normalized spacial score (nSPS) is 20.7. The number of ketones is 1. The first-order valence-electron chi connectivity index (χ1n) is 10.6. The van der Waals surface area contributed by atoms with Crippen LogP contribution in [0.4, 0.5) is 0 Å². The van der Waals surface area contributed by atoms with Gasteiger partial charge in [0.05, 0.1) is 13.2 Å². The van der Waals surface area contributed by atoms with Crippen LogP contribution in [0.3, 0.4) is 0 Å². The fourth-order valence-corrected chi connectivity index (χ4v) is 4.10. The van der Waals surface area contributed by atoms with Crippen molar-refractivity contribution < 1.29 is 18.8 Å². The van der Waals surface area contributed by atoms with Crippen LogP contribution in [0.2, 0.25) is 13.1 Å². The third-order valence-electron chi connectivity index (χ3n) is 4.88. The maximum atomic E-state index is 12.2. The van der Waals surface area contributed by atoms with Crippen LogP contribution in [0.1, 0.15) is 58.3 Å². The van der Waals surface area contributed by atoms with Gasteiger partial charge in [-0.15, -0.1) is 0 Å². The highest BCUT2D eigenvalue weighted by Crippen LogP contribution is 2.28. The minimum atomic E-state index is -0.750. The highest BCUT2D eigenvalue weighted by Gasteiger charge is 2.27.